The Morgan fingerprint density at radius 1 is 1.30 bits per heavy atom. The van der Waals surface area contributed by atoms with E-state index in [0.29, 0.717) is 5.56 Å². The smallest absolute Gasteiger partial charge is 0.321 e. The summed E-state index contributed by atoms with van der Waals surface area (Å²) in [6.45, 7) is 0.249. The third kappa shape index (κ3) is 1.89. The van der Waals surface area contributed by atoms with E-state index < -0.39 is 4.83 Å². The molecule has 0 N–H and O–H groups in total. The number of rotatable bonds is 3. The van der Waals surface area contributed by atoms with Gasteiger partial charge in [0.2, 0.25) is 0 Å². The van der Waals surface area contributed by atoms with Gasteiger partial charge in [0.25, 0.3) is 5.91 Å². The van der Waals surface area contributed by atoms with Gasteiger partial charge in [-0.15, -0.1) is 0 Å². The summed E-state index contributed by atoms with van der Waals surface area (Å²) in [4.78, 5) is 25.1. The molecule has 2 aromatic carbocycles. The molecule has 0 saturated carbocycles. The minimum absolute atomic E-state index is 0.0786. The van der Waals surface area contributed by atoms with Gasteiger partial charge in [0, 0.05) is 17.5 Å². The molecule has 0 bridgehead atoms. The number of nitrogens with zero attached hydrogens (tertiary/aromatic N) is 1. The summed E-state index contributed by atoms with van der Waals surface area (Å²) >= 11 is 3.27. The molecule has 20 heavy (non-hydrogen) atoms. The molecule has 102 valence electrons. The van der Waals surface area contributed by atoms with Crippen LogP contribution in [0.2, 0.25) is 0 Å². The Bertz CT molecular complexity index is 708. The molecule has 2 aromatic rings. The first-order valence-electron chi connectivity index (χ1n) is 6.19. The maximum absolute atomic E-state index is 12.5. The lowest BCUT2D eigenvalue weighted by molar-refractivity contribution is -0.139. The van der Waals surface area contributed by atoms with Gasteiger partial charge in [-0.3, -0.25) is 9.59 Å². The fraction of sp³-hybridized carbons (Fsp3) is 0.200. The summed E-state index contributed by atoms with van der Waals surface area (Å²) in [7, 11) is 1.33. The van der Waals surface area contributed by atoms with Crippen molar-refractivity contribution >= 4 is 44.3 Å². The molecule has 0 saturated heterocycles. The van der Waals surface area contributed by atoms with Crippen LogP contribution in [-0.2, 0) is 9.53 Å². The molecule has 1 heterocycles. The van der Waals surface area contributed by atoms with E-state index in [9.17, 15) is 9.59 Å². The van der Waals surface area contributed by atoms with Crippen molar-refractivity contribution in [2.45, 2.75) is 4.83 Å². The van der Waals surface area contributed by atoms with Crippen LogP contribution in [0.15, 0.2) is 36.4 Å². The van der Waals surface area contributed by atoms with Crippen LogP contribution in [0.1, 0.15) is 10.4 Å². The second kappa shape index (κ2) is 4.90. The molecule has 5 heteroatoms. The van der Waals surface area contributed by atoms with Crippen LogP contribution in [-0.4, -0.2) is 30.4 Å². The topological polar surface area (TPSA) is 46.6 Å². The zero-order valence-electron chi connectivity index (χ0n) is 10.8. The van der Waals surface area contributed by atoms with Crippen LogP contribution in [0.5, 0.6) is 0 Å². The number of anilines is 1. The van der Waals surface area contributed by atoms with Crippen LogP contribution in [0.4, 0.5) is 5.69 Å². The summed E-state index contributed by atoms with van der Waals surface area (Å²) in [6, 6.07) is 11.4. The molecule has 1 atom stereocenters. The summed E-state index contributed by atoms with van der Waals surface area (Å²) in [6.07, 6.45) is 0. The van der Waals surface area contributed by atoms with E-state index in [1.807, 2.05) is 36.4 Å². The highest BCUT2D eigenvalue weighted by atomic mass is 79.9. The number of hydrogen-bond acceptors (Lipinski definition) is 3. The molecule has 0 aliphatic carbocycles. The minimum atomic E-state index is -0.541. The maximum atomic E-state index is 12.5. The second-order valence-electron chi connectivity index (χ2n) is 4.59. The number of amides is 1. The monoisotopic (exact) mass is 333 g/mol. The average Bonchev–Trinajstić information content (AvgIpc) is 2.74. The molecular weight excluding hydrogens is 322 g/mol. The lowest BCUT2D eigenvalue weighted by atomic mass is 10.1. The predicted molar refractivity (Wildman–Crippen MR) is 80.4 cm³/mol. The number of carbonyl (C=O) groups is 2. The molecule has 0 aromatic heterocycles. The molecule has 1 aliphatic heterocycles. The largest absolute Gasteiger partial charge is 0.468 e. The lowest BCUT2D eigenvalue weighted by Gasteiger charge is -2.19. The fourth-order valence-corrected chi connectivity index (χ4v) is 3.00. The summed E-state index contributed by atoms with van der Waals surface area (Å²) < 4.78 is 4.68. The number of halogens is 1. The number of esters is 1. The SMILES string of the molecule is COC(=O)C(Br)CN1C(=O)c2cccc3cccc1c23. The Labute approximate surface area is 124 Å². The van der Waals surface area contributed by atoms with Crippen molar-refractivity contribution in [1.29, 1.82) is 0 Å². The molecule has 1 unspecified atom stereocenters. The third-order valence-electron chi connectivity index (χ3n) is 3.45. The van der Waals surface area contributed by atoms with E-state index in [1.54, 1.807) is 4.90 Å². The number of methoxy groups -OCH3 is 1. The van der Waals surface area contributed by atoms with Crippen LogP contribution >= 0.6 is 15.9 Å². The van der Waals surface area contributed by atoms with Gasteiger partial charge < -0.3 is 9.64 Å². The maximum Gasteiger partial charge on any atom is 0.321 e. The summed E-state index contributed by atoms with van der Waals surface area (Å²) in [5, 5.41) is 1.98. The number of benzene rings is 2. The molecule has 1 amide bonds. The Balaban J connectivity index is 2.03. The zero-order valence-corrected chi connectivity index (χ0v) is 12.4. The lowest BCUT2D eigenvalue weighted by Crippen LogP contribution is -2.36. The summed E-state index contributed by atoms with van der Waals surface area (Å²) in [5.74, 6) is -0.467. The van der Waals surface area contributed by atoms with Gasteiger partial charge in [0.15, 0.2) is 0 Å². The average molecular weight is 334 g/mol. The Kier molecular flexibility index (Phi) is 3.22. The molecule has 3 rings (SSSR count). The van der Waals surface area contributed by atoms with E-state index in [2.05, 4.69) is 20.7 Å². The molecular formula is C15H12BrNO3. The normalized spacial score (nSPS) is 14.7. The number of ether oxygens (including phenoxy) is 1. The molecule has 4 nitrogen and oxygen atoms in total. The van der Waals surface area contributed by atoms with Crippen molar-refractivity contribution in [1.82, 2.24) is 0 Å². The first kappa shape index (κ1) is 13.1. The van der Waals surface area contributed by atoms with Crippen molar-refractivity contribution in [2.24, 2.45) is 0 Å². The highest BCUT2D eigenvalue weighted by Crippen LogP contribution is 2.37. The van der Waals surface area contributed by atoms with Crippen molar-refractivity contribution in [3.63, 3.8) is 0 Å². The van der Waals surface area contributed by atoms with Crippen molar-refractivity contribution in [3.8, 4) is 0 Å². The number of alkyl halides is 1. The first-order chi connectivity index (χ1) is 9.63. The molecule has 0 radical (unpaired) electrons. The van der Waals surface area contributed by atoms with Gasteiger partial charge in [-0.2, -0.15) is 0 Å². The highest BCUT2D eigenvalue weighted by Gasteiger charge is 2.32. The number of hydrogen-bond donors (Lipinski definition) is 0. The van der Waals surface area contributed by atoms with Crippen LogP contribution in [0, 0.1) is 0 Å². The van der Waals surface area contributed by atoms with E-state index in [-0.39, 0.29) is 18.4 Å². The van der Waals surface area contributed by atoms with Gasteiger partial charge in [-0.1, -0.05) is 40.2 Å². The van der Waals surface area contributed by atoms with E-state index in [4.69, 9.17) is 0 Å². The second-order valence-corrected chi connectivity index (χ2v) is 5.69. The molecule has 0 fully saturated rings. The van der Waals surface area contributed by atoms with E-state index in [1.165, 1.54) is 7.11 Å². The van der Waals surface area contributed by atoms with Gasteiger partial charge in [0.1, 0.15) is 4.83 Å². The van der Waals surface area contributed by atoms with Crippen LogP contribution < -0.4 is 4.90 Å². The Morgan fingerprint density at radius 3 is 2.70 bits per heavy atom. The van der Waals surface area contributed by atoms with E-state index >= 15 is 0 Å². The Hall–Kier alpha value is -1.88. The highest BCUT2D eigenvalue weighted by molar-refractivity contribution is 9.10. The van der Waals surface area contributed by atoms with Crippen LogP contribution in [0.3, 0.4) is 0 Å². The Morgan fingerprint density at radius 2 is 2.00 bits per heavy atom. The molecule has 0 spiro atoms. The van der Waals surface area contributed by atoms with Gasteiger partial charge in [0.05, 0.1) is 12.8 Å². The van der Waals surface area contributed by atoms with E-state index in [0.717, 1.165) is 16.5 Å². The van der Waals surface area contributed by atoms with Crippen molar-refractivity contribution in [3.05, 3.63) is 42.0 Å². The quantitative estimate of drug-likeness (QED) is 0.641. The van der Waals surface area contributed by atoms with Gasteiger partial charge >= 0.3 is 5.97 Å². The summed E-state index contributed by atoms with van der Waals surface area (Å²) in [5.41, 5.74) is 1.53. The standard InChI is InChI=1S/C15H12BrNO3/c1-20-15(19)11(16)8-17-12-7-3-5-9-4-2-6-10(13(9)12)14(17)18/h2-7,11H,8H2,1H3. The van der Waals surface area contributed by atoms with Gasteiger partial charge in [-0.25, -0.2) is 0 Å². The number of carbonyl (C=O) groups excluding carboxylic acids is 2. The van der Waals surface area contributed by atoms with Crippen molar-refractivity contribution in [2.75, 3.05) is 18.6 Å². The van der Waals surface area contributed by atoms with Crippen molar-refractivity contribution < 1.29 is 14.3 Å². The first-order valence-corrected chi connectivity index (χ1v) is 7.10. The van der Waals surface area contributed by atoms with Gasteiger partial charge in [-0.05, 0) is 17.5 Å². The third-order valence-corrected chi connectivity index (χ3v) is 4.11. The van der Waals surface area contributed by atoms with Crippen LogP contribution in [0.25, 0.3) is 10.8 Å². The fourth-order valence-electron chi connectivity index (χ4n) is 2.52. The molecule has 1 aliphatic rings. The minimum Gasteiger partial charge on any atom is -0.468 e. The predicted octanol–water partition coefficient (Wildman–Crippen LogP) is 2.74. The zero-order chi connectivity index (χ0) is 14.3.